The van der Waals surface area contributed by atoms with Crippen LogP contribution in [0.4, 0.5) is 11.5 Å². The number of hydrogen-bond donors (Lipinski definition) is 1. The number of rotatable bonds is 1. The van der Waals surface area contributed by atoms with Gasteiger partial charge in [-0.25, -0.2) is 4.98 Å². The fraction of sp³-hybridized carbons (Fsp3) is 0.444. The first-order valence-corrected chi connectivity index (χ1v) is 4.41. The number of nitrogen functional groups attached to an aromatic ring is 1. The van der Waals surface area contributed by atoms with Crippen LogP contribution < -0.4 is 10.6 Å². The lowest BCUT2D eigenvalue weighted by Crippen LogP contribution is -2.37. The van der Waals surface area contributed by atoms with E-state index in [0.29, 0.717) is 0 Å². The van der Waals surface area contributed by atoms with Crippen molar-refractivity contribution < 1.29 is 4.74 Å². The van der Waals surface area contributed by atoms with Crippen LogP contribution in [0.1, 0.15) is 0 Å². The summed E-state index contributed by atoms with van der Waals surface area (Å²) in [5.41, 5.74) is 6.55. The first-order chi connectivity index (χ1) is 6.38. The van der Waals surface area contributed by atoms with E-state index in [-0.39, 0.29) is 24.8 Å². The summed E-state index contributed by atoms with van der Waals surface area (Å²) in [5.74, 6) is 0.880. The minimum atomic E-state index is 0. The van der Waals surface area contributed by atoms with Gasteiger partial charge in [-0.2, -0.15) is 0 Å². The number of halogens is 2. The number of pyridine rings is 1. The molecule has 86 valence electrons. The van der Waals surface area contributed by atoms with Gasteiger partial charge in [-0.1, -0.05) is 0 Å². The molecule has 0 spiro atoms. The molecule has 1 aliphatic rings. The lowest BCUT2D eigenvalue weighted by atomic mass is 10.3. The van der Waals surface area contributed by atoms with Gasteiger partial charge >= 0.3 is 0 Å². The number of morpholine rings is 1. The maximum absolute atomic E-state index is 5.81. The van der Waals surface area contributed by atoms with Crippen molar-refractivity contribution in [2.45, 2.75) is 0 Å². The topological polar surface area (TPSA) is 51.4 Å². The zero-order valence-electron chi connectivity index (χ0n) is 8.26. The number of nitrogens with two attached hydrogens (primary N) is 1. The molecule has 0 bridgehead atoms. The third kappa shape index (κ3) is 3.41. The Morgan fingerprint density at radius 2 is 1.93 bits per heavy atom. The van der Waals surface area contributed by atoms with Crippen LogP contribution >= 0.6 is 24.8 Å². The van der Waals surface area contributed by atoms with Gasteiger partial charge in [0.2, 0.25) is 0 Å². The molecule has 6 heteroatoms. The molecule has 15 heavy (non-hydrogen) atoms. The van der Waals surface area contributed by atoms with Gasteiger partial charge in [0.15, 0.2) is 5.82 Å². The number of aromatic nitrogens is 1. The number of hydrogen-bond acceptors (Lipinski definition) is 4. The highest BCUT2D eigenvalue weighted by Gasteiger charge is 2.13. The van der Waals surface area contributed by atoms with Crippen molar-refractivity contribution in [2.24, 2.45) is 0 Å². The Bertz CT molecular complexity index is 292. The van der Waals surface area contributed by atoms with Crippen molar-refractivity contribution in [1.82, 2.24) is 4.98 Å². The monoisotopic (exact) mass is 251 g/mol. The average Bonchev–Trinajstić information content (AvgIpc) is 2.20. The fourth-order valence-electron chi connectivity index (χ4n) is 1.45. The predicted molar refractivity (Wildman–Crippen MR) is 66.2 cm³/mol. The van der Waals surface area contributed by atoms with E-state index in [2.05, 4.69) is 9.88 Å². The zero-order chi connectivity index (χ0) is 9.10. The molecule has 0 unspecified atom stereocenters. The van der Waals surface area contributed by atoms with Crippen molar-refractivity contribution in [3.05, 3.63) is 18.3 Å². The third-order valence-corrected chi connectivity index (χ3v) is 2.13. The van der Waals surface area contributed by atoms with Crippen molar-refractivity contribution in [1.29, 1.82) is 0 Å². The van der Waals surface area contributed by atoms with Crippen molar-refractivity contribution >= 4 is 36.3 Å². The molecule has 0 radical (unpaired) electrons. The highest BCUT2D eigenvalue weighted by Crippen LogP contribution is 2.19. The molecule has 1 aromatic rings. The Labute approximate surface area is 102 Å². The summed E-state index contributed by atoms with van der Waals surface area (Å²) in [4.78, 5) is 6.40. The van der Waals surface area contributed by atoms with E-state index in [0.717, 1.165) is 37.8 Å². The number of anilines is 2. The van der Waals surface area contributed by atoms with Crippen LogP contribution in [0.3, 0.4) is 0 Å². The molecule has 4 nitrogen and oxygen atoms in total. The number of nitrogens with zero attached hydrogens (tertiary/aromatic N) is 2. The predicted octanol–water partition coefficient (Wildman–Crippen LogP) is 1.34. The summed E-state index contributed by atoms with van der Waals surface area (Å²) in [7, 11) is 0. The van der Waals surface area contributed by atoms with Crippen LogP contribution in [-0.2, 0) is 4.74 Å². The molecule has 1 aliphatic heterocycles. The second kappa shape index (κ2) is 6.71. The van der Waals surface area contributed by atoms with Gasteiger partial charge in [-0.05, 0) is 12.1 Å². The van der Waals surface area contributed by atoms with Crippen molar-refractivity contribution in [3.63, 3.8) is 0 Å². The van der Waals surface area contributed by atoms with E-state index in [4.69, 9.17) is 10.5 Å². The maximum atomic E-state index is 5.81. The van der Waals surface area contributed by atoms with Crippen molar-refractivity contribution in [2.75, 3.05) is 36.9 Å². The average molecular weight is 252 g/mol. The van der Waals surface area contributed by atoms with Crippen molar-refractivity contribution in [3.8, 4) is 0 Å². The molecule has 1 aromatic heterocycles. The molecule has 2 heterocycles. The summed E-state index contributed by atoms with van der Waals surface area (Å²) >= 11 is 0. The molecular formula is C9H15Cl2N3O. The molecule has 2 rings (SSSR count). The van der Waals surface area contributed by atoms with Gasteiger partial charge in [0.25, 0.3) is 0 Å². The standard InChI is InChI=1S/C9H13N3O.2ClH/c10-8-2-1-3-11-9(8)12-4-6-13-7-5-12;;/h1-3H,4-7,10H2;2*1H. The molecule has 0 atom stereocenters. The first kappa shape index (κ1) is 14.3. The van der Waals surface area contributed by atoms with E-state index in [1.807, 2.05) is 12.1 Å². The minimum absolute atomic E-state index is 0. The first-order valence-electron chi connectivity index (χ1n) is 4.41. The van der Waals surface area contributed by atoms with E-state index < -0.39 is 0 Å². The van der Waals surface area contributed by atoms with Gasteiger partial charge in [-0.15, -0.1) is 24.8 Å². The van der Waals surface area contributed by atoms with E-state index in [1.165, 1.54) is 0 Å². The second-order valence-corrected chi connectivity index (χ2v) is 3.02. The smallest absolute Gasteiger partial charge is 0.151 e. The summed E-state index contributed by atoms with van der Waals surface area (Å²) in [6.07, 6.45) is 1.77. The zero-order valence-corrected chi connectivity index (χ0v) is 9.89. The number of ether oxygens (including phenoxy) is 1. The quantitative estimate of drug-likeness (QED) is 0.819. The summed E-state index contributed by atoms with van der Waals surface area (Å²) < 4.78 is 5.25. The van der Waals surface area contributed by atoms with Gasteiger partial charge < -0.3 is 15.4 Å². The molecule has 0 aromatic carbocycles. The molecule has 0 saturated carbocycles. The summed E-state index contributed by atoms with van der Waals surface area (Å²) in [5, 5.41) is 0. The van der Waals surface area contributed by atoms with Gasteiger partial charge in [0.1, 0.15) is 0 Å². The van der Waals surface area contributed by atoms with Crippen LogP contribution in [0.5, 0.6) is 0 Å². The Balaban J connectivity index is 0.000000980. The van der Waals surface area contributed by atoms with Crippen LogP contribution in [0.2, 0.25) is 0 Å². The molecule has 1 fully saturated rings. The summed E-state index contributed by atoms with van der Waals surface area (Å²) in [6.45, 7) is 3.27. The van der Waals surface area contributed by atoms with Gasteiger partial charge in [0, 0.05) is 19.3 Å². The van der Waals surface area contributed by atoms with E-state index in [1.54, 1.807) is 6.20 Å². The summed E-state index contributed by atoms with van der Waals surface area (Å²) in [6, 6.07) is 3.72. The maximum Gasteiger partial charge on any atom is 0.151 e. The largest absolute Gasteiger partial charge is 0.396 e. The fourth-order valence-corrected chi connectivity index (χ4v) is 1.45. The molecule has 2 N–H and O–H groups in total. The van der Waals surface area contributed by atoms with Crippen LogP contribution in [0.25, 0.3) is 0 Å². The van der Waals surface area contributed by atoms with Crippen LogP contribution in [0, 0.1) is 0 Å². The van der Waals surface area contributed by atoms with E-state index >= 15 is 0 Å². The highest BCUT2D eigenvalue weighted by atomic mass is 35.5. The highest BCUT2D eigenvalue weighted by molar-refractivity contribution is 5.85. The van der Waals surface area contributed by atoms with Gasteiger partial charge in [-0.3, -0.25) is 0 Å². The molecular weight excluding hydrogens is 237 g/mol. The lowest BCUT2D eigenvalue weighted by Gasteiger charge is -2.28. The Kier molecular flexibility index (Phi) is 6.40. The minimum Gasteiger partial charge on any atom is -0.396 e. The lowest BCUT2D eigenvalue weighted by molar-refractivity contribution is 0.122. The Morgan fingerprint density at radius 1 is 1.27 bits per heavy atom. The normalized spacial score (nSPS) is 15.1. The SMILES string of the molecule is Cl.Cl.Nc1cccnc1N1CCOCC1. The van der Waals surface area contributed by atoms with Gasteiger partial charge in [0.05, 0.1) is 18.9 Å². The second-order valence-electron chi connectivity index (χ2n) is 3.02. The molecule has 0 amide bonds. The Morgan fingerprint density at radius 3 is 2.53 bits per heavy atom. The molecule has 0 aliphatic carbocycles. The third-order valence-electron chi connectivity index (χ3n) is 2.13. The van der Waals surface area contributed by atoms with Crippen LogP contribution in [-0.4, -0.2) is 31.3 Å². The van der Waals surface area contributed by atoms with E-state index in [9.17, 15) is 0 Å². The Hall–Kier alpha value is -0.710. The van der Waals surface area contributed by atoms with Crippen LogP contribution in [0.15, 0.2) is 18.3 Å². The molecule has 1 saturated heterocycles.